The van der Waals surface area contributed by atoms with Crippen LogP contribution < -0.4 is 0 Å². The Hall–Kier alpha value is -1.36. The summed E-state index contributed by atoms with van der Waals surface area (Å²) in [5.74, 6) is -0.828. The van der Waals surface area contributed by atoms with E-state index in [1.807, 2.05) is 6.92 Å². The average Bonchev–Trinajstić information content (AvgIpc) is 2.76. The molecule has 2 heterocycles. The summed E-state index contributed by atoms with van der Waals surface area (Å²) in [5.41, 5.74) is 1.34. The van der Waals surface area contributed by atoms with Crippen LogP contribution in [0.1, 0.15) is 41.5 Å². The SMILES string of the molecule is Cc1cc(CCCC(=O)N2CC(C)CC(C(=O)O)C2)c(C)s1. The highest BCUT2D eigenvalue weighted by Gasteiger charge is 2.31. The topological polar surface area (TPSA) is 57.6 Å². The number of likely N-dealkylation sites (tertiary alicyclic amines) is 1. The van der Waals surface area contributed by atoms with Crippen LogP contribution in [0.25, 0.3) is 0 Å². The molecule has 122 valence electrons. The molecule has 1 aromatic rings. The Balaban J connectivity index is 1.84. The van der Waals surface area contributed by atoms with E-state index in [0.717, 1.165) is 12.8 Å². The van der Waals surface area contributed by atoms with E-state index in [1.165, 1.54) is 15.3 Å². The number of carbonyl (C=O) groups is 2. The molecule has 0 radical (unpaired) electrons. The Morgan fingerprint density at radius 3 is 2.68 bits per heavy atom. The minimum Gasteiger partial charge on any atom is -0.481 e. The molecule has 2 atom stereocenters. The van der Waals surface area contributed by atoms with Crippen molar-refractivity contribution >= 4 is 23.2 Å². The maximum atomic E-state index is 12.3. The average molecular weight is 323 g/mol. The van der Waals surface area contributed by atoms with Crippen LogP contribution in [0.5, 0.6) is 0 Å². The first kappa shape index (κ1) is 17.0. The zero-order chi connectivity index (χ0) is 16.3. The van der Waals surface area contributed by atoms with Crippen molar-refractivity contribution in [2.75, 3.05) is 13.1 Å². The molecule has 1 aliphatic rings. The molecule has 0 spiro atoms. The fourth-order valence-electron chi connectivity index (χ4n) is 3.25. The van der Waals surface area contributed by atoms with Gasteiger partial charge in [0.2, 0.25) is 5.91 Å². The standard InChI is InChI=1S/C17H25NO3S/c1-11-7-15(17(20)21)10-18(9-11)16(19)6-4-5-14-8-12(2)22-13(14)3/h8,11,15H,4-7,9-10H2,1-3H3,(H,20,21). The van der Waals surface area contributed by atoms with Crippen molar-refractivity contribution in [2.24, 2.45) is 11.8 Å². The molecule has 1 N–H and O–H groups in total. The number of aryl methyl sites for hydroxylation is 3. The monoisotopic (exact) mass is 323 g/mol. The second-order valence-corrected chi connectivity index (χ2v) is 7.93. The predicted octanol–water partition coefficient (Wildman–Crippen LogP) is 3.26. The lowest BCUT2D eigenvalue weighted by Gasteiger charge is -2.34. The molecule has 5 heteroatoms. The van der Waals surface area contributed by atoms with Crippen molar-refractivity contribution < 1.29 is 14.7 Å². The Labute approximate surface area is 136 Å². The molecule has 0 bridgehead atoms. The summed E-state index contributed by atoms with van der Waals surface area (Å²) in [5, 5.41) is 9.18. The highest BCUT2D eigenvalue weighted by molar-refractivity contribution is 7.12. The van der Waals surface area contributed by atoms with Gasteiger partial charge in [-0.25, -0.2) is 0 Å². The lowest BCUT2D eigenvalue weighted by molar-refractivity contribution is -0.146. The van der Waals surface area contributed by atoms with Gasteiger partial charge in [0.15, 0.2) is 0 Å². The van der Waals surface area contributed by atoms with E-state index in [9.17, 15) is 14.7 Å². The minimum absolute atomic E-state index is 0.0994. The summed E-state index contributed by atoms with van der Waals surface area (Å²) in [6.07, 6.45) is 2.94. The zero-order valence-electron chi connectivity index (χ0n) is 13.6. The maximum absolute atomic E-state index is 12.3. The number of aliphatic carboxylic acids is 1. The Bertz CT molecular complexity index is 552. The van der Waals surface area contributed by atoms with Gasteiger partial charge >= 0.3 is 5.97 Å². The molecule has 2 rings (SSSR count). The smallest absolute Gasteiger partial charge is 0.308 e. The summed E-state index contributed by atoms with van der Waals surface area (Å²) >= 11 is 1.80. The molecular formula is C17H25NO3S. The van der Waals surface area contributed by atoms with Crippen molar-refractivity contribution in [3.63, 3.8) is 0 Å². The van der Waals surface area contributed by atoms with Crippen molar-refractivity contribution in [1.82, 2.24) is 4.90 Å². The van der Waals surface area contributed by atoms with E-state index >= 15 is 0 Å². The molecule has 1 amide bonds. The van der Waals surface area contributed by atoms with Gasteiger partial charge in [-0.3, -0.25) is 9.59 Å². The van der Waals surface area contributed by atoms with Crippen molar-refractivity contribution in [1.29, 1.82) is 0 Å². The van der Waals surface area contributed by atoms with Gasteiger partial charge in [-0.05, 0) is 50.7 Å². The summed E-state index contributed by atoms with van der Waals surface area (Å²) in [4.78, 5) is 27.9. The van der Waals surface area contributed by atoms with Gasteiger partial charge in [0, 0.05) is 29.3 Å². The zero-order valence-corrected chi connectivity index (χ0v) is 14.4. The second kappa shape index (κ2) is 7.27. The summed E-state index contributed by atoms with van der Waals surface area (Å²) in [6, 6.07) is 2.20. The van der Waals surface area contributed by atoms with Gasteiger partial charge in [0.1, 0.15) is 0 Å². The highest BCUT2D eigenvalue weighted by Crippen LogP contribution is 2.24. The maximum Gasteiger partial charge on any atom is 0.308 e. The van der Waals surface area contributed by atoms with E-state index in [4.69, 9.17) is 0 Å². The molecule has 2 unspecified atom stereocenters. The van der Waals surface area contributed by atoms with Gasteiger partial charge in [0.05, 0.1) is 5.92 Å². The minimum atomic E-state index is -0.784. The van der Waals surface area contributed by atoms with Crippen LogP contribution in [-0.4, -0.2) is 35.0 Å². The number of hydrogen-bond donors (Lipinski definition) is 1. The van der Waals surface area contributed by atoms with Crippen LogP contribution >= 0.6 is 11.3 Å². The Morgan fingerprint density at radius 2 is 2.09 bits per heavy atom. The van der Waals surface area contributed by atoms with Gasteiger partial charge in [-0.2, -0.15) is 0 Å². The van der Waals surface area contributed by atoms with Crippen LogP contribution in [0.3, 0.4) is 0 Å². The first-order valence-electron chi connectivity index (χ1n) is 7.93. The third-order valence-corrected chi connectivity index (χ3v) is 5.35. The molecule has 1 fully saturated rings. The first-order valence-corrected chi connectivity index (χ1v) is 8.75. The fraction of sp³-hybridized carbons (Fsp3) is 0.647. The molecule has 0 aliphatic carbocycles. The number of nitrogens with zero attached hydrogens (tertiary/aromatic N) is 1. The van der Waals surface area contributed by atoms with Crippen LogP contribution in [-0.2, 0) is 16.0 Å². The molecular weight excluding hydrogens is 298 g/mol. The molecule has 1 saturated heterocycles. The number of thiophene rings is 1. The lowest BCUT2D eigenvalue weighted by Crippen LogP contribution is -2.45. The van der Waals surface area contributed by atoms with Crippen molar-refractivity contribution in [3.8, 4) is 0 Å². The number of piperidine rings is 1. The predicted molar refractivity (Wildman–Crippen MR) is 88.2 cm³/mol. The quantitative estimate of drug-likeness (QED) is 0.905. The third-order valence-electron chi connectivity index (χ3n) is 4.34. The third kappa shape index (κ3) is 4.32. The van der Waals surface area contributed by atoms with Gasteiger partial charge < -0.3 is 10.0 Å². The second-order valence-electron chi connectivity index (χ2n) is 6.47. The van der Waals surface area contributed by atoms with Crippen molar-refractivity contribution in [2.45, 2.75) is 46.5 Å². The number of carboxylic acid groups (broad SMARTS) is 1. The van der Waals surface area contributed by atoms with E-state index in [0.29, 0.717) is 25.9 Å². The number of rotatable bonds is 5. The van der Waals surface area contributed by atoms with Crippen LogP contribution in [0, 0.1) is 25.7 Å². The molecule has 1 aromatic heterocycles. The lowest BCUT2D eigenvalue weighted by atomic mass is 9.90. The number of carboxylic acids is 1. The molecule has 0 aromatic carbocycles. The van der Waals surface area contributed by atoms with E-state index in [1.54, 1.807) is 16.2 Å². The largest absolute Gasteiger partial charge is 0.481 e. The molecule has 4 nitrogen and oxygen atoms in total. The Morgan fingerprint density at radius 1 is 1.36 bits per heavy atom. The van der Waals surface area contributed by atoms with Gasteiger partial charge in [0.25, 0.3) is 0 Å². The number of amides is 1. The van der Waals surface area contributed by atoms with Gasteiger partial charge in [-0.15, -0.1) is 11.3 Å². The highest BCUT2D eigenvalue weighted by atomic mass is 32.1. The first-order chi connectivity index (χ1) is 10.4. The van der Waals surface area contributed by atoms with Crippen LogP contribution in [0.15, 0.2) is 6.07 Å². The summed E-state index contributed by atoms with van der Waals surface area (Å²) in [6.45, 7) is 7.31. The molecule has 0 saturated carbocycles. The Kier molecular flexibility index (Phi) is 5.62. The number of hydrogen-bond acceptors (Lipinski definition) is 3. The van der Waals surface area contributed by atoms with E-state index < -0.39 is 11.9 Å². The van der Waals surface area contributed by atoms with Crippen LogP contribution in [0.2, 0.25) is 0 Å². The summed E-state index contributed by atoms with van der Waals surface area (Å²) in [7, 11) is 0. The molecule has 1 aliphatic heterocycles. The summed E-state index contributed by atoms with van der Waals surface area (Å²) < 4.78 is 0. The van der Waals surface area contributed by atoms with Crippen molar-refractivity contribution in [3.05, 3.63) is 21.4 Å². The fourth-order valence-corrected chi connectivity index (χ4v) is 4.23. The van der Waals surface area contributed by atoms with E-state index in [2.05, 4.69) is 19.9 Å². The van der Waals surface area contributed by atoms with Crippen LogP contribution in [0.4, 0.5) is 0 Å². The number of carbonyl (C=O) groups excluding carboxylic acids is 1. The normalized spacial score (nSPS) is 21.9. The molecule has 22 heavy (non-hydrogen) atoms. The van der Waals surface area contributed by atoms with Gasteiger partial charge in [-0.1, -0.05) is 6.92 Å². The van der Waals surface area contributed by atoms with E-state index in [-0.39, 0.29) is 11.8 Å².